The monoisotopic (exact) mass is 529 g/mol. The van der Waals surface area contributed by atoms with Crippen LogP contribution in [0.25, 0.3) is 0 Å². The number of pyridine rings is 1. The molecule has 1 N–H and O–H groups in total. The van der Waals surface area contributed by atoms with Gasteiger partial charge in [0.1, 0.15) is 18.6 Å². The Morgan fingerprint density at radius 3 is 2.81 bits per heavy atom. The van der Waals surface area contributed by atoms with Crippen LogP contribution in [-0.2, 0) is 6.61 Å². The Labute approximate surface area is 191 Å². The summed E-state index contributed by atoms with van der Waals surface area (Å²) in [7, 11) is 1.54. The van der Waals surface area contributed by atoms with Crippen molar-refractivity contribution in [2.75, 3.05) is 12.5 Å². The van der Waals surface area contributed by atoms with Gasteiger partial charge in [-0.2, -0.15) is 10.4 Å². The summed E-state index contributed by atoms with van der Waals surface area (Å²) in [6, 6.07) is 15.8. The van der Waals surface area contributed by atoms with Crippen molar-refractivity contribution in [2.45, 2.75) is 6.61 Å². The molecule has 9 nitrogen and oxygen atoms in total. The first kappa shape index (κ1) is 22.0. The summed E-state index contributed by atoms with van der Waals surface area (Å²) in [5, 5.41) is 24.0. The Balaban J connectivity index is 1.72. The van der Waals surface area contributed by atoms with Crippen LogP contribution < -0.4 is 14.9 Å². The van der Waals surface area contributed by atoms with E-state index in [0.29, 0.717) is 22.9 Å². The summed E-state index contributed by atoms with van der Waals surface area (Å²) < 4.78 is 12.2. The van der Waals surface area contributed by atoms with E-state index >= 15 is 0 Å². The predicted octanol–water partition coefficient (Wildman–Crippen LogP) is 4.50. The molecule has 3 rings (SSSR count). The van der Waals surface area contributed by atoms with Gasteiger partial charge >= 0.3 is 0 Å². The molecule has 0 aliphatic carbocycles. The van der Waals surface area contributed by atoms with Crippen LogP contribution in [0.5, 0.6) is 11.5 Å². The lowest BCUT2D eigenvalue weighted by atomic mass is 10.1. The molecule has 1 heterocycles. The molecule has 31 heavy (non-hydrogen) atoms. The van der Waals surface area contributed by atoms with Gasteiger partial charge in [-0.15, -0.1) is 0 Å². The van der Waals surface area contributed by atoms with Crippen molar-refractivity contribution in [2.24, 2.45) is 5.10 Å². The van der Waals surface area contributed by atoms with E-state index in [1.807, 2.05) is 18.2 Å². The lowest BCUT2D eigenvalue weighted by Crippen LogP contribution is -2.02. The summed E-state index contributed by atoms with van der Waals surface area (Å²) in [5.74, 6) is 1.47. The fraction of sp³-hybridized carbons (Fsp3) is 0.0952. The zero-order chi connectivity index (χ0) is 22.2. The van der Waals surface area contributed by atoms with E-state index in [1.54, 1.807) is 31.5 Å². The fourth-order valence-electron chi connectivity index (χ4n) is 2.59. The predicted molar refractivity (Wildman–Crippen MR) is 123 cm³/mol. The molecule has 2 aromatic carbocycles. The second kappa shape index (κ2) is 10.4. The van der Waals surface area contributed by atoms with Gasteiger partial charge in [0.2, 0.25) is 0 Å². The van der Waals surface area contributed by atoms with Gasteiger partial charge in [0.25, 0.3) is 5.69 Å². The Hall–Kier alpha value is -3.72. The average molecular weight is 529 g/mol. The Kier molecular flexibility index (Phi) is 7.34. The molecule has 10 heteroatoms. The summed E-state index contributed by atoms with van der Waals surface area (Å²) in [4.78, 5) is 14.1. The quantitative estimate of drug-likeness (QED) is 0.197. The van der Waals surface area contributed by atoms with Crippen LogP contribution in [0.15, 0.2) is 59.8 Å². The molecule has 0 saturated carbocycles. The molecular weight excluding hydrogens is 513 g/mol. The van der Waals surface area contributed by atoms with Crippen molar-refractivity contribution in [1.29, 1.82) is 5.26 Å². The van der Waals surface area contributed by atoms with Gasteiger partial charge in [-0.3, -0.25) is 15.5 Å². The van der Waals surface area contributed by atoms with Crippen LogP contribution in [-0.4, -0.2) is 23.2 Å². The number of anilines is 1. The Morgan fingerprint density at radius 2 is 2.13 bits per heavy atom. The topological polar surface area (TPSA) is 123 Å². The van der Waals surface area contributed by atoms with Gasteiger partial charge in [0.05, 0.1) is 33.5 Å². The number of benzene rings is 2. The summed E-state index contributed by atoms with van der Waals surface area (Å²) >= 11 is 2.14. The van der Waals surface area contributed by atoms with Crippen molar-refractivity contribution < 1.29 is 14.4 Å². The molecule has 0 saturated heterocycles. The number of methoxy groups -OCH3 is 1. The van der Waals surface area contributed by atoms with Crippen LogP contribution in [0.4, 0.5) is 11.5 Å². The number of nitrogens with one attached hydrogen (secondary N) is 1. The summed E-state index contributed by atoms with van der Waals surface area (Å²) in [6.45, 7) is 0.233. The van der Waals surface area contributed by atoms with Crippen LogP contribution in [0.3, 0.4) is 0 Å². The van der Waals surface area contributed by atoms with Crippen molar-refractivity contribution in [3.63, 3.8) is 0 Å². The van der Waals surface area contributed by atoms with Crippen LogP contribution >= 0.6 is 22.6 Å². The molecule has 0 aliphatic rings. The van der Waals surface area contributed by atoms with Gasteiger partial charge < -0.3 is 9.47 Å². The molecule has 0 radical (unpaired) electrons. The molecule has 3 aromatic rings. The van der Waals surface area contributed by atoms with E-state index in [4.69, 9.17) is 9.47 Å². The number of rotatable bonds is 8. The van der Waals surface area contributed by atoms with E-state index in [1.165, 1.54) is 12.1 Å². The highest BCUT2D eigenvalue weighted by Crippen LogP contribution is 2.34. The summed E-state index contributed by atoms with van der Waals surface area (Å²) in [5.41, 5.74) is 4.72. The highest BCUT2D eigenvalue weighted by molar-refractivity contribution is 14.1. The zero-order valence-corrected chi connectivity index (χ0v) is 18.4. The second-order valence-electron chi connectivity index (χ2n) is 6.12. The number of nitriles is 1. The maximum absolute atomic E-state index is 10.7. The van der Waals surface area contributed by atoms with E-state index in [0.717, 1.165) is 20.9 Å². The van der Waals surface area contributed by atoms with E-state index < -0.39 is 4.92 Å². The largest absolute Gasteiger partial charge is 0.493 e. The normalized spacial score (nSPS) is 10.5. The average Bonchev–Trinajstić information content (AvgIpc) is 2.78. The lowest BCUT2D eigenvalue weighted by molar-refractivity contribution is -0.385. The second-order valence-corrected chi connectivity index (χ2v) is 7.28. The number of hydrogen-bond acceptors (Lipinski definition) is 8. The number of ether oxygens (including phenoxy) is 2. The van der Waals surface area contributed by atoms with Gasteiger partial charge in [-0.05, 0) is 52.4 Å². The molecule has 0 unspecified atom stereocenters. The minimum Gasteiger partial charge on any atom is -0.493 e. The zero-order valence-electron chi connectivity index (χ0n) is 16.3. The molecule has 0 bridgehead atoms. The van der Waals surface area contributed by atoms with Crippen LogP contribution in [0, 0.1) is 25.0 Å². The maximum atomic E-state index is 10.7. The Morgan fingerprint density at radius 1 is 1.32 bits per heavy atom. The third-order valence-electron chi connectivity index (χ3n) is 4.11. The van der Waals surface area contributed by atoms with E-state index in [9.17, 15) is 15.4 Å². The minimum atomic E-state index is -0.517. The highest BCUT2D eigenvalue weighted by Gasteiger charge is 2.12. The SMILES string of the molecule is COc1cc(/C=N/Nc2ccc([N+](=O)[O-])cn2)cc(I)c1OCc1ccccc1C#N. The maximum Gasteiger partial charge on any atom is 0.287 e. The van der Waals surface area contributed by atoms with Crippen LogP contribution in [0.2, 0.25) is 0 Å². The number of hydrazone groups is 1. The lowest BCUT2D eigenvalue weighted by Gasteiger charge is -2.14. The minimum absolute atomic E-state index is 0.0956. The Bertz CT molecular complexity index is 1160. The number of nitrogens with zero attached hydrogens (tertiary/aromatic N) is 4. The first-order valence-corrected chi connectivity index (χ1v) is 9.97. The molecule has 0 aliphatic heterocycles. The number of hydrogen-bond donors (Lipinski definition) is 1. The number of halogens is 1. The van der Waals surface area contributed by atoms with Gasteiger partial charge in [-0.1, -0.05) is 18.2 Å². The van der Waals surface area contributed by atoms with Crippen molar-refractivity contribution >= 4 is 40.3 Å². The first-order chi connectivity index (χ1) is 15.0. The molecule has 0 spiro atoms. The third-order valence-corrected chi connectivity index (χ3v) is 4.91. The van der Waals surface area contributed by atoms with Gasteiger partial charge in [-0.25, -0.2) is 4.98 Å². The molecule has 0 amide bonds. The highest BCUT2D eigenvalue weighted by atomic mass is 127. The third kappa shape index (κ3) is 5.67. The molecule has 1 aromatic heterocycles. The molecule has 156 valence electrons. The smallest absolute Gasteiger partial charge is 0.287 e. The van der Waals surface area contributed by atoms with E-state index in [-0.39, 0.29) is 12.3 Å². The molecular formula is C21H16IN5O4. The summed E-state index contributed by atoms with van der Waals surface area (Å²) in [6.07, 6.45) is 2.73. The van der Waals surface area contributed by atoms with E-state index in [2.05, 4.69) is 44.2 Å². The number of aromatic nitrogens is 1. The molecule has 0 atom stereocenters. The van der Waals surface area contributed by atoms with Crippen LogP contribution in [0.1, 0.15) is 16.7 Å². The van der Waals surface area contributed by atoms with Crippen molar-refractivity contribution in [3.8, 4) is 17.6 Å². The standard InChI is InChI=1S/C21H16IN5O4/c1-30-19-9-14(11-25-26-20-7-6-17(12-24-20)27(28)29)8-18(22)21(19)31-13-16-5-3-2-4-15(16)10-23/h2-9,11-12H,13H2,1H3,(H,24,26)/b25-11+. The van der Waals surface area contributed by atoms with Gasteiger partial charge in [0, 0.05) is 11.6 Å². The number of nitro groups is 1. The molecule has 0 fully saturated rings. The van der Waals surface area contributed by atoms with Crippen molar-refractivity contribution in [3.05, 3.63) is 85.1 Å². The van der Waals surface area contributed by atoms with Crippen molar-refractivity contribution in [1.82, 2.24) is 4.98 Å². The fourth-order valence-corrected chi connectivity index (χ4v) is 3.37. The van der Waals surface area contributed by atoms with Gasteiger partial charge in [0.15, 0.2) is 11.5 Å². The first-order valence-electron chi connectivity index (χ1n) is 8.89.